The Balaban J connectivity index is 2.30. The monoisotopic (exact) mass is 229 g/mol. The highest BCUT2D eigenvalue weighted by Crippen LogP contribution is 2.19. The van der Waals surface area contributed by atoms with Crippen LogP contribution >= 0.6 is 0 Å². The van der Waals surface area contributed by atoms with Crippen LogP contribution in [0.4, 0.5) is 0 Å². The quantitative estimate of drug-likeness (QED) is 0.731. The first-order valence-corrected chi connectivity index (χ1v) is 6.65. The zero-order chi connectivity index (χ0) is 12.0. The summed E-state index contributed by atoms with van der Waals surface area (Å²) in [6.07, 6.45) is 5.02. The minimum absolute atomic E-state index is 0.260. The average Bonchev–Trinajstić information content (AvgIpc) is 2.29. The first kappa shape index (κ1) is 13.9. The zero-order valence-electron chi connectivity index (χ0n) is 10.9. The second-order valence-electron chi connectivity index (χ2n) is 5.12. The van der Waals surface area contributed by atoms with Crippen molar-refractivity contribution in [3.8, 4) is 0 Å². The van der Waals surface area contributed by atoms with Gasteiger partial charge in [-0.25, -0.2) is 0 Å². The summed E-state index contributed by atoms with van der Waals surface area (Å²) in [6.45, 7) is 7.58. The lowest BCUT2D eigenvalue weighted by molar-refractivity contribution is -0.00627. The van der Waals surface area contributed by atoms with Gasteiger partial charge in [-0.2, -0.15) is 0 Å². The molecule has 0 amide bonds. The van der Waals surface area contributed by atoms with Crippen LogP contribution in [0.25, 0.3) is 0 Å². The topological polar surface area (TPSA) is 41.5 Å². The standard InChI is InChI=1S/C13H27NO2/c1-4-5-13-8-12(6-7-16-13)14-11(3)10(2)9-15/h10-15H,4-9H2,1-3H3. The van der Waals surface area contributed by atoms with E-state index in [9.17, 15) is 0 Å². The maximum atomic E-state index is 9.11. The minimum atomic E-state index is 0.260. The van der Waals surface area contributed by atoms with E-state index in [-0.39, 0.29) is 6.61 Å². The molecule has 1 fully saturated rings. The Morgan fingerprint density at radius 3 is 2.81 bits per heavy atom. The number of ether oxygens (including phenoxy) is 1. The van der Waals surface area contributed by atoms with Crippen LogP contribution in [0.5, 0.6) is 0 Å². The molecule has 0 aliphatic carbocycles. The molecule has 3 nitrogen and oxygen atoms in total. The Kier molecular flexibility index (Phi) is 6.32. The molecule has 0 aromatic rings. The maximum absolute atomic E-state index is 9.11. The number of aliphatic hydroxyl groups excluding tert-OH is 1. The summed E-state index contributed by atoms with van der Waals surface area (Å²) < 4.78 is 5.73. The first-order valence-electron chi connectivity index (χ1n) is 6.65. The van der Waals surface area contributed by atoms with Crippen molar-refractivity contribution in [3.05, 3.63) is 0 Å². The molecular formula is C13H27NO2. The van der Waals surface area contributed by atoms with Crippen molar-refractivity contribution in [2.45, 2.75) is 64.6 Å². The van der Waals surface area contributed by atoms with Crippen molar-refractivity contribution < 1.29 is 9.84 Å². The third kappa shape index (κ3) is 4.40. The molecule has 1 aliphatic rings. The molecule has 2 N–H and O–H groups in total. The molecule has 4 unspecified atom stereocenters. The second-order valence-corrected chi connectivity index (χ2v) is 5.12. The molecule has 1 heterocycles. The van der Waals surface area contributed by atoms with Crippen molar-refractivity contribution in [3.63, 3.8) is 0 Å². The predicted octanol–water partition coefficient (Wildman–Crippen LogP) is 1.94. The summed E-state index contributed by atoms with van der Waals surface area (Å²) in [5.41, 5.74) is 0. The number of hydrogen-bond donors (Lipinski definition) is 2. The van der Waals surface area contributed by atoms with Crippen molar-refractivity contribution >= 4 is 0 Å². The van der Waals surface area contributed by atoms with Gasteiger partial charge in [0, 0.05) is 25.3 Å². The van der Waals surface area contributed by atoms with E-state index >= 15 is 0 Å². The fraction of sp³-hybridized carbons (Fsp3) is 1.00. The third-order valence-corrected chi connectivity index (χ3v) is 3.62. The summed E-state index contributed by atoms with van der Waals surface area (Å²) in [5.74, 6) is 0.326. The van der Waals surface area contributed by atoms with E-state index in [4.69, 9.17) is 9.84 Å². The van der Waals surface area contributed by atoms with Crippen LogP contribution in [-0.4, -0.2) is 36.5 Å². The SMILES string of the molecule is CCCC1CC(NC(C)C(C)CO)CCO1. The normalized spacial score (nSPS) is 30.0. The molecule has 4 atom stereocenters. The smallest absolute Gasteiger partial charge is 0.0589 e. The van der Waals surface area contributed by atoms with E-state index in [0.717, 1.165) is 19.4 Å². The summed E-state index contributed by atoms with van der Waals surface area (Å²) in [4.78, 5) is 0. The summed E-state index contributed by atoms with van der Waals surface area (Å²) in [5, 5.41) is 12.7. The molecule has 1 aliphatic heterocycles. The van der Waals surface area contributed by atoms with Crippen molar-refractivity contribution in [2.75, 3.05) is 13.2 Å². The van der Waals surface area contributed by atoms with Crippen LogP contribution < -0.4 is 5.32 Å². The van der Waals surface area contributed by atoms with E-state index in [1.54, 1.807) is 0 Å². The third-order valence-electron chi connectivity index (χ3n) is 3.62. The van der Waals surface area contributed by atoms with Crippen LogP contribution in [0.3, 0.4) is 0 Å². The maximum Gasteiger partial charge on any atom is 0.0589 e. The molecule has 16 heavy (non-hydrogen) atoms. The van der Waals surface area contributed by atoms with Gasteiger partial charge in [-0.3, -0.25) is 0 Å². The minimum Gasteiger partial charge on any atom is -0.396 e. The highest BCUT2D eigenvalue weighted by molar-refractivity contribution is 4.80. The highest BCUT2D eigenvalue weighted by Gasteiger charge is 2.24. The molecule has 3 heteroatoms. The van der Waals surface area contributed by atoms with E-state index in [0.29, 0.717) is 24.1 Å². The van der Waals surface area contributed by atoms with Gasteiger partial charge in [-0.15, -0.1) is 0 Å². The van der Waals surface area contributed by atoms with Crippen molar-refractivity contribution in [2.24, 2.45) is 5.92 Å². The number of nitrogens with one attached hydrogen (secondary N) is 1. The van der Waals surface area contributed by atoms with Gasteiger partial charge in [0.15, 0.2) is 0 Å². The second kappa shape index (κ2) is 7.25. The van der Waals surface area contributed by atoms with Crippen LogP contribution in [0.2, 0.25) is 0 Å². The lowest BCUT2D eigenvalue weighted by Gasteiger charge is -2.33. The largest absolute Gasteiger partial charge is 0.396 e. The lowest BCUT2D eigenvalue weighted by atomic mass is 9.97. The van der Waals surface area contributed by atoms with Crippen molar-refractivity contribution in [1.29, 1.82) is 0 Å². The van der Waals surface area contributed by atoms with Gasteiger partial charge in [-0.1, -0.05) is 20.3 Å². The first-order chi connectivity index (χ1) is 7.67. The van der Waals surface area contributed by atoms with E-state index in [1.807, 2.05) is 0 Å². The predicted molar refractivity (Wildman–Crippen MR) is 66.5 cm³/mol. The van der Waals surface area contributed by atoms with Gasteiger partial charge >= 0.3 is 0 Å². The molecule has 0 saturated carbocycles. The van der Waals surface area contributed by atoms with Gasteiger partial charge in [-0.05, 0) is 32.1 Å². The Labute approximate surface area is 99.6 Å². The summed E-state index contributed by atoms with van der Waals surface area (Å²) in [6, 6.07) is 0.949. The molecule has 1 saturated heterocycles. The van der Waals surface area contributed by atoms with E-state index in [1.165, 1.54) is 12.8 Å². The molecule has 0 aromatic carbocycles. The fourth-order valence-electron chi connectivity index (χ4n) is 2.25. The van der Waals surface area contributed by atoms with Gasteiger partial charge in [0.25, 0.3) is 0 Å². The van der Waals surface area contributed by atoms with E-state index in [2.05, 4.69) is 26.1 Å². The van der Waals surface area contributed by atoms with E-state index < -0.39 is 0 Å². The van der Waals surface area contributed by atoms with Crippen LogP contribution in [-0.2, 0) is 4.74 Å². The summed E-state index contributed by atoms with van der Waals surface area (Å²) >= 11 is 0. The molecule has 0 spiro atoms. The number of rotatable bonds is 6. The fourth-order valence-corrected chi connectivity index (χ4v) is 2.25. The van der Waals surface area contributed by atoms with Gasteiger partial charge < -0.3 is 15.2 Å². The Bertz CT molecular complexity index is 185. The van der Waals surface area contributed by atoms with Crippen LogP contribution in [0.15, 0.2) is 0 Å². The Morgan fingerprint density at radius 1 is 1.44 bits per heavy atom. The number of aliphatic hydroxyl groups is 1. The van der Waals surface area contributed by atoms with Crippen LogP contribution in [0, 0.1) is 5.92 Å². The van der Waals surface area contributed by atoms with Gasteiger partial charge in [0.05, 0.1) is 6.10 Å². The van der Waals surface area contributed by atoms with Crippen molar-refractivity contribution in [1.82, 2.24) is 5.32 Å². The molecule has 0 aromatic heterocycles. The molecule has 1 rings (SSSR count). The zero-order valence-corrected chi connectivity index (χ0v) is 10.9. The van der Waals surface area contributed by atoms with Gasteiger partial charge in [0.2, 0.25) is 0 Å². The number of hydrogen-bond acceptors (Lipinski definition) is 3. The molecule has 96 valence electrons. The van der Waals surface area contributed by atoms with Crippen LogP contribution in [0.1, 0.15) is 46.5 Å². The highest BCUT2D eigenvalue weighted by atomic mass is 16.5. The summed E-state index contributed by atoms with van der Waals surface area (Å²) in [7, 11) is 0. The molecular weight excluding hydrogens is 202 g/mol. The van der Waals surface area contributed by atoms with Gasteiger partial charge in [0.1, 0.15) is 0 Å². The average molecular weight is 229 g/mol. The molecule has 0 radical (unpaired) electrons. The molecule has 0 bridgehead atoms. The lowest BCUT2D eigenvalue weighted by Crippen LogP contribution is -2.45. The Hall–Kier alpha value is -0.120. The Morgan fingerprint density at radius 2 is 2.19 bits per heavy atom.